The van der Waals surface area contributed by atoms with E-state index < -0.39 is 27.9 Å². The van der Waals surface area contributed by atoms with E-state index in [0.717, 1.165) is 37.2 Å². The molecular weight excluding hydrogens is 596 g/mol. The fourth-order valence-electron chi connectivity index (χ4n) is 4.76. The average molecular weight is 633 g/mol. The van der Waals surface area contributed by atoms with Gasteiger partial charge in [0.05, 0.1) is 29.7 Å². The second-order valence-electron chi connectivity index (χ2n) is 10.5. The van der Waals surface area contributed by atoms with Crippen LogP contribution < -0.4 is 24.8 Å². The van der Waals surface area contributed by atoms with Crippen LogP contribution in [0.25, 0.3) is 6.08 Å². The first kappa shape index (κ1) is 33.2. The highest BCUT2D eigenvalue weighted by Crippen LogP contribution is 2.25. The minimum absolute atomic E-state index is 0.105. The van der Waals surface area contributed by atoms with Crippen LogP contribution in [0.3, 0.4) is 0 Å². The molecule has 45 heavy (non-hydrogen) atoms. The van der Waals surface area contributed by atoms with Gasteiger partial charge < -0.3 is 24.8 Å². The Morgan fingerprint density at radius 2 is 1.78 bits per heavy atom. The van der Waals surface area contributed by atoms with E-state index in [9.17, 15) is 23.3 Å². The van der Waals surface area contributed by atoms with Crippen molar-refractivity contribution in [3.05, 3.63) is 95.2 Å². The van der Waals surface area contributed by atoms with Gasteiger partial charge >= 0.3 is 5.97 Å². The van der Waals surface area contributed by atoms with Crippen molar-refractivity contribution in [2.45, 2.75) is 43.2 Å². The van der Waals surface area contributed by atoms with Crippen molar-refractivity contribution in [2.75, 3.05) is 26.8 Å². The van der Waals surface area contributed by atoms with Gasteiger partial charge in [0.2, 0.25) is 15.9 Å². The number of methoxy groups -OCH3 is 1. The maximum absolute atomic E-state index is 13.3. The zero-order valence-corrected chi connectivity index (χ0v) is 25.9. The summed E-state index contributed by atoms with van der Waals surface area (Å²) in [6, 6.07) is 21.4. The van der Waals surface area contributed by atoms with Crippen LogP contribution in [0.4, 0.5) is 0 Å². The Hall–Kier alpha value is -4.70. The number of nitrogens with zero attached hydrogens (tertiary/aromatic N) is 1. The molecule has 0 aliphatic carbocycles. The Balaban J connectivity index is 1.59. The summed E-state index contributed by atoms with van der Waals surface area (Å²) in [4.78, 5) is 24.1. The molecule has 0 radical (unpaired) electrons. The van der Waals surface area contributed by atoms with Crippen molar-refractivity contribution in [2.24, 2.45) is 0 Å². The Morgan fingerprint density at radius 3 is 2.42 bits per heavy atom. The number of esters is 1. The Morgan fingerprint density at radius 1 is 1.07 bits per heavy atom. The lowest BCUT2D eigenvalue weighted by Gasteiger charge is -2.24. The first-order valence-corrected chi connectivity index (χ1v) is 15.9. The molecule has 0 aromatic heterocycles. The summed E-state index contributed by atoms with van der Waals surface area (Å²) >= 11 is 0. The number of ether oxygens (including phenoxy) is 3. The molecule has 12 heteroatoms. The molecule has 4 rings (SSSR count). The summed E-state index contributed by atoms with van der Waals surface area (Å²) in [5, 5.41) is 15.2. The number of nitriles is 1. The summed E-state index contributed by atoms with van der Waals surface area (Å²) < 4.78 is 46.4. The number of benzene rings is 3. The van der Waals surface area contributed by atoms with Crippen LogP contribution >= 0.6 is 0 Å². The van der Waals surface area contributed by atoms with Crippen LogP contribution in [-0.2, 0) is 30.8 Å². The molecule has 0 spiro atoms. The van der Waals surface area contributed by atoms with Gasteiger partial charge in [0.15, 0.2) is 0 Å². The lowest BCUT2D eigenvalue weighted by Crippen LogP contribution is -2.40. The van der Waals surface area contributed by atoms with Gasteiger partial charge in [0, 0.05) is 12.5 Å². The van der Waals surface area contributed by atoms with Crippen molar-refractivity contribution in [3.8, 4) is 17.6 Å². The van der Waals surface area contributed by atoms with Gasteiger partial charge in [-0.2, -0.15) is 5.26 Å². The number of amides is 1. The topological polar surface area (TPSA) is 156 Å². The predicted molar refractivity (Wildman–Crippen MR) is 168 cm³/mol. The van der Waals surface area contributed by atoms with E-state index in [1.54, 1.807) is 24.3 Å². The third-order valence-electron chi connectivity index (χ3n) is 6.97. The van der Waals surface area contributed by atoms with Crippen LogP contribution in [0.1, 0.15) is 36.5 Å². The van der Waals surface area contributed by atoms with Gasteiger partial charge in [-0.25, -0.2) is 17.9 Å². The van der Waals surface area contributed by atoms with Crippen molar-refractivity contribution in [3.63, 3.8) is 0 Å². The van der Waals surface area contributed by atoms with Crippen LogP contribution in [0.15, 0.2) is 83.4 Å². The summed E-state index contributed by atoms with van der Waals surface area (Å²) in [5.41, 5.74) is 1.37. The Kier molecular flexibility index (Phi) is 11.7. The second kappa shape index (κ2) is 15.9. The predicted octanol–water partition coefficient (Wildman–Crippen LogP) is 3.31. The number of hydrogen-bond donors (Lipinski definition) is 3. The number of sulfonamides is 1. The number of nitrogens with one attached hydrogen (secondary N) is 3. The third-order valence-corrected chi connectivity index (χ3v) is 8.50. The largest absolute Gasteiger partial charge is 0.491 e. The molecule has 0 saturated carbocycles. The fraction of sp³-hybridized carbons (Fsp3) is 0.303. The highest BCUT2D eigenvalue weighted by Gasteiger charge is 2.22. The molecule has 0 unspecified atom stereocenters. The molecule has 3 aromatic rings. The van der Waals surface area contributed by atoms with Gasteiger partial charge in [-0.1, -0.05) is 30.3 Å². The van der Waals surface area contributed by atoms with E-state index >= 15 is 0 Å². The molecule has 1 heterocycles. The summed E-state index contributed by atoms with van der Waals surface area (Å²) in [6.45, 7) is 2.96. The lowest BCUT2D eigenvalue weighted by atomic mass is 10.1. The molecule has 236 valence electrons. The molecule has 1 aliphatic heterocycles. The van der Waals surface area contributed by atoms with Crippen molar-refractivity contribution in [1.29, 1.82) is 5.26 Å². The van der Waals surface area contributed by atoms with Crippen molar-refractivity contribution in [1.82, 2.24) is 15.4 Å². The van der Waals surface area contributed by atoms with Gasteiger partial charge in [0.1, 0.15) is 29.9 Å². The minimum atomic E-state index is -3.91. The van der Waals surface area contributed by atoms with E-state index in [4.69, 9.17) is 14.2 Å². The molecule has 1 fully saturated rings. The molecule has 1 aliphatic rings. The zero-order chi connectivity index (χ0) is 32.2. The van der Waals surface area contributed by atoms with Gasteiger partial charge in [-0.15, -0.1) is 0 Å². The number of carbonyl (C=O) groups excluding carboxylic acids is 2. The van der Waals surface area contributed by atoms with E-state index in [1.165, 1.54) is 44.4 Å². The molecule has 3 aromatic carbocycles. The number of rotatable bonds is 13. The molecular formula is C33H36N4O7S. The highest BCUT2D eigenvalue weighted by atomic mass is 32.2. The molecule has 1 saturated heterocycles. The number of hydrogen-bond acceptors (Lipinski definition) is 9. The van der Waals surface area contributed by atoms with E-state index in [1.807, 2.05) is 30.3 Å². The quantitative estimate of drug-likeness (QED) is 0.190. The summed E-state index contributed by atoms with van der Waals surface area (Å²) in [5.74, 6) is -0.309. The first-order chi connectivity index (χ1) is 21.7. The fourth-order valence-corrected chi connectivity index (χ4v) is 6.00. The van der Waals surface area contributed by atoms with Gasteiger partial charge in [-0.05, 0) is 86.5 Å². The lowest BCUT2D eigenvalue weighted by molar-refractivity contribution is -0.137. The van der Waals surface area contributed by atoms with Crippen LogP contribution in [0, 0.1) is 11.3 Å². The molecule has 1 amide bonds. The molecule has 1 atom stereocenters. The molecule has 11 nitrogen and oxygen atoms in total. The monoisotopic (exact) mass is 632 g/mol. The zero-order valence-electron chi connectivity index (χ0n) is 25.1. The Labute approximate surface area is 263 Å². The number of piperidine rings is 1. The third kappa shape index (κ3) is 9.90. The number of carbonyl (C=O) groups is 2. The second-order valence-corrected chi connectivity index (χ2v) is 12.2. The first-order valence-electron chi connectivity index (χ1n) is 14.4. The van der Waals surface area contributed by atoms with Crippen molar-refractivity contribution >= 4 is 28.0 Å². The van der Waals surface area contributed by atoms with E-state index in [0.29, 0.717) is 5.56 Å². The average Bonchev–Trinajstić information content (AvgIpc) is 3.05. The van der Waals surface area contributed by atoms with Gasteiger partial charge in [0.25, 0.3) is 0 Å². The van der Waals surface area contributed by atoms with E-state index in [2.05, 4.69) is 15.4 Å². The Bertz CT molecular complexity index is 1650. The van der Waals surface area contributed by atoms with Crippen LogP contribution in [-0.4, -0.2) is 59.2 Å². The standard InChI is InChI=1S/C33H36N4O7S/c1-23(38)36-31(33(39)42-2)20-26-11-8-25(21-34)19-32(26)43-22-27(37-45(40,41)30-6-4-3-5-7-30)18-24-9-12-28(13-10-24)44-29-14-16-35-17-15-29/h3-13,19-20,27,29,35,37H,14-18,22H2,1-2H3,(H,36,38)/b31-20+/t27-/m0/s1. The van der Waals surface area contributed by atoms with Crippen molar-refractivity contribution < 1.29 is 32.2 Å². The maximum Gasteiger partial charge on any atom is 0.354 e. The molecule has 0 bridgehead atoms. The van der Waals surface area contributed by atoms with E-state index in [-0.39, 0.29) is 41.0 Å². The van der Waals surface area contributed by atoms with Crippen LogP contribution in [0.5, 0.6) is 11.5 Å². The maximum atomic E-state index is 13.3. The minimum Gasteiger partial charge on any atom is -0.491 e. The smallest absolute Gasteiger partial charge is 0.354 e. The SMILES string of the molecule is COC(=O)/C(=C\c1ccc(C#N)cc1OC[C@H](Cc1ccc(OC2CCNCC2)cc1)NS(=O)(=O)c1ccccc1)NC(C)=O. The molecule has 3 N–H and O–H groups in total. The summed E-state index contributed by atoms with van der Waals surface area (Å²) in [7, 11) is -2.73. The van der Waals surface area contributed by atoms with Crippen LogP contribution in [0.2, 0.25) is 0 Å². The highest BCUT2D eigenvalue weighted by molar-refractivity contribution is 7.89. The normalized spacial score (nSPS) is 14.6. The summed E-state index contributed by atoms with van der Waals surface area (Å²) in [6.07, 6.45) is 3.65. The van der Waals surface area contributed by atoms with Gasteiger partial charge in [-0.3, -0.25) is 4.79 Å².